The van der Waals surface area contributed by atoms with Crippen molar-refractivity contribution in [1.82, 2.24) is 0 Å². The average Bonchev–Trinajstić information content (AvgIpc) is 2.29. The molecular weight excluding hydrogens is 210 g/mol. The van der Waals surface area contributed by atoms with Crippen molar-refractivity contribution in [2.75, 3.05) is 5.73 Å². The highest BCUT2D eigenvalue weighted by molar-refractivity contribution is 5.53. The first-order valence-corrected chi connectivity index (χ1v) is 6.59. The predicted octanol–water partition coefficient (Wildman–Crippen LogP) is 3.78. The van der Waals surface area contributed by atoms with Crippen LogP contribution in [0.25, 0.3) is 0 Å². The Morgan fingerprint density at radius 1 is 1.18 bits per heavy atom. The molecule has 17 heavy (non-hydrogen) atoms. The molecule has 1 aliphatic rings. The topological polar surface area (TPSA) is 35.2 Å². The molecule has 0 bridgehead atoms. The minimum absolute atomic E-state index is 0.338. The number of benzene rings is 1. The molecule has 2 nitrogen and oxygen atoms in total. The third kappa shape index (κ3) is 2.93. The Morgan fingerprint density at radius 3 is 2.65 bits per heavy atom. The maximum Gasteiger partial charge on any atom is 0.142 e. The molecule has 1 saturated carbocycles. The van der Waals surface area contributed by atoms with Crippen LogP contribution in [0.3, 0.4) is 0 Å². The van der Waals surface area contributed by atoms with Crippen molar-refractivity contribution in [3.8, 4) is 5.75 Å². The van der Waals surface area contributed by atoms with Gasteiger partial charge in [0, 0.05) is 0 Å². The van der Waals surface area contributed by atoms with Crippen LogP contribution in [0.2, 0.25) is 0 Å². The van der Waals surface area contributed by atoms with E-state index in [4.69, 9.17) is 10.5 Å². The van der Waals surface area contributed by atoms with Gasteiger partial charge in [0.2, 0.25) is 0 Å². The number of hydrogen-bond acceptors (Lipinski definition) is 2. The van der Waals surface area contributed by atoms with Gasteiger partial charge in [0.05, 0.1) is 11.8 Å². The fraction of sp³-hybridized carbons (Fsp3) is 0.600. The zero-order chi connectivity index (χ0) is 12.4. The molecule has 0 aliphatic heterocycles. The second-order valence-corrected chi connectivity index (χ2v) is 5.55. The number of hydrogen-bond donors (Lipinski definition) is 1. The number of rotatable bonds is 2. The first kappa shape index (κ1) is 12.3. The molecule has 2 rings (SSSR count). The van der Waals surface area contributed by atoms with Crippen LogP contribution in [0.5, 0.6) is 5.75 Å². The van der Waals surface area contributed by atoms with Crippen molar-refractivity contribution in [1.29, 1.82) is 0 Å². The zero-order valence-electron chi connectivity index (χ0n) is 11.1. The average molecular weight is 233 g/mol. The Balaban J connectivity index is 2.03. The smallest absolute Gasteiger partial charge is 0.142 e. The Hall–Kier alpha value is -1.18. The summed E-state index contributed by atoms with van der Waals surface area (Å²) in [6.45, 7) is 6.72. The maximum absolute atomic E-state index is 6.06. The van der Waals surface area contributed by atoms with Gasteiger partial charge >= 0.3 is 0 Å². The van der Waals surface area contributed by atoms with Crippen LogP contribution >= 0.6 is 0 Å². The normalized spacial score (nSPS) is 29.0. The van der Waals surface area contributed by atoms with E-state index in [0.717, 1.165) is 36.1 Å². The number of aryl methyl sites for hydroxylation is 1. The van der Waals surface area contributed by atoms with E-state index in [1.54, 1.807) is 0 Å². The summed E-state index contributed by atoms with van der Waals surface area (Å²) in [5.41, 5.74) is 7.90. The molecule has 94 valence electrons. The molecule has 1 aliphatic carbocycles. The van der Waals surface area contributed by atoms with Crippen LogP contribution in [0, 0.1) is 18.8 Å². The summed E-state index contributed by atoms with van der Waals surface area (Å²) in [6, 6.07) is 5.99. The van der Waals surface area contributed by atoms with E-state index in [0.29, 0.717) is 6.10 Å². The highest BCUT2D eigenvalue weighted by Crippen LogP contribution is 2.33. The molecule has 3 unspecified atom stereocenters. The standard InChI is InChI=1S/C15H23NO/c1-10-4-7-14(16)15(8-10)17-13-6-5-11(2)12(3)9-13/h4,7-8,11-13H,5-6,9,16H2,1-3H3. The van der Waals surface area contributed by atoms with Crippen LogP contribution in [0.1, 0.15) is 38.7 Å². The summed E-state index contributed by atoms with van der Waals surface area (Å²) in [6.07, 6.45) is 3.90. The summed E-state index contributed by atoms with van der Waals surface area (Å²) in [5, 5.41) is 0. The van der Waals surface area contributed by atoms with Crippen LogP contribution in [0.15, 0.2) is 18.2 Å². The Labute approximate surface area is 104 Å². The summed E-state index contributed by atoms with van der Waals surface area (Å²) in [4.78, 5) is 0. The summed E-state index contributed by atoms with van der Waals surface area (Å²) in [5.74, 6) is 2.43. The van der Waals surface area contributed by atoms with Gasteiger partial charge in [0.1, 0.15) is 5.75 Å². The van der Waals surface area contributed by atoms with Crippen LogP contribution in [-0.2, 0) is 0 Å². The van der Waals surface area contributed by atoms with Gasteiger partial charge in [-0.25, -0.2) is 0 Å². The largest absolute Gasteiger partial charge is 0.488 e. The van der Waals surface area contributed by atoms with E-state index in [9.17, 15) is 0 Å². The lowest BCUT2D eigenvalue weighted by Gasteiger charge is -2.32. The van der Waals surface area contributed by atoms with Gasteiger partial charge in [0.15, 0.2) is 0 Å². The predicted molar refractivity (Wildman–Crippen MR) is 72.2 cm³/mol. The SMILES string of the molecule is Cc1ccc(N)c(OC2CCC(C)C(C)C2)c1. The highest BCUT2D eigenvalue weighted by Gasteiger charge is 2.26. The summed E-state index contributed by atoms with van der Waals surface area (Å²) in [7, 11) is 0. The molecule has 1 aromatic carbocycles. The van der Waals surface area contributed by atoms with Gasteiger partial charge < -0.3 is 10.5 Å². The number of anilines is 1. The van der Waals surface area contributed by atoms with Crippen LogP contribution < -0.4 is 10.5 Å². The van der Waals surface area contributed by atoms with Crippen molar-refractivity contribution < 1.29 is 4.74 Å². The quantitative estimate of drug-likeness (QED) is 0.789. The summed E-state index contributed by atoms with van der Waals surface area (Å²) >= 11 is 0. The van der Waals surface area contributed by atoms with Crippen LogP contribution in [0.4, 0.5) is 5.69 Å². The van der Waals surface area contributed by atoms with Gasteiger partial charge in [-0.2, -0.15) is 0 Å². The lowest BCUT2D eigenvalue weighted by atomic mass is 9.80. The van der Waals surface area contributed by atoms with Gasteiger partial charge in [-0.15, -0.1) is 0 Å². The van der Waals surface area contributed by atoms with Gasteiger partial charge in [-0.1, -0.05) is 19.9 Å². The van der Waals surface area contributed by atoms with E-state index in [1.807, 2.05) is 18.2 Å². The van der Waals surface area contributed by atoms with Crippen molar-refractivity contribution in [3.05, 3.63) is 23.8 Å². The minimum Gasteiger partial charge on any atom is -0.488 e. The second-order valence-electron chi connectivity index (χ2n) is 5.55. The molecule has 0 saturated heterocycles. The molecule has 0 heterocycles. The number of ether oxygens (including phenoxy) is 1. The fourth-order valence-corrected chi connectivity index (χ4v) is 2.53. The Morgan fingerprint density at radius 2 is 1.94 bits per heavy atom. The van der Waals surface area contributed by atoms with E-state index >= 15 is 0 Å². The monoisotopic (exact) mass is 233 g/mol. The lowest BCUT2D eigenvalue weighted by molar-refractivity contribution is 0.101. The Bertz CT molecular complexity index is 389. The van der Waals surface area contributed by atoms with E-state index < -0.39 is 0 Å². The molecule has 0 aromatic heterocycles. The van der Waals surface area contributed by atoms with E-state index in [1.165, 1.54) is 12.0 Å². The molecular formula is C15H23NO. The third-order valence-electron chi connectivity index (χ3n) is 4.01. The van der Waals surface area contributed by atoms with Crippen molar-refractivity contribution in [2.45, 2.75) is 46.1 Å². The zero-order valence-corrected chi connectivity index (χ0v) is 11.1. The minimum atomic E-state index is 0.338. The van der Waals surface area contributed by atoms with Gasteiger partial charge in [-0.05, 0) is 55.7 Å². The van der Waals surface area contributed by atoms with E-state index in [-0.39, 0.29) is 0 Å². The third-order valence-corrected chi connectivity index (χ3v) is 4.01. The number of nitrogens with two attached hydrogens (primary N) is 1. The molecule has 1 fully saturated rings. The van der Waals surface area contributed by atoms with Crippen molar-refractivity contribution >= 4 is 5.69 Å². The lowest BCUT2D eigenvalue weighted by Crippen LogP contribution is -2.29. The maximum atomic E-state index is 6.06. The first-order chi connectivity index (χ1) is 8.06. The van der Waals surface area contributed by atoms with Gasteiger partial charge in [0.25, 0.3) is 0 Å². The first-order valence-electron chi connectivity index (χ1n) is 6.59. The molecule has 1 aromatic rings. The van der Waals surface area contributed by atoms with Crippen molar-refractivity contribution in [3.63, 3.8) is 0 Å². The molecule has 0 spiro atoms. The second kappa shape index (κ2) is 4.99. The van der Waals surface area contributed by atoms with Crippen molar-refractivity contribution in [2.24, 2.45) is 11.8 Å². The molecule has 0 amide bonds. The summed E-state index contributed by atoms with van der Waals surface area (Å²) < 4.78 is 6.06. The molecule has 2 heteroatoms. The molecule has 3 atom stereocenters. The van der Waals surface area contributed by atoms with E-state index in [2.05, 4.69) is 20.8 Å². The highest BCUT2D eigenvalue weighted by atomic mass is 16.5. The van der Waals surface area contributed by atoms with Gasteiger partial charge in [-0.3, -0.25) is 0 Å². The Kier molecular flexibility index (Phi) is 3.60. The number of nitrogen functional groups attached to an aromatic ring is 1. The molecule has 0 radical (unpaired) electrons. The fourth-order valence-electron chi connectivity index (χ4n) is 2.53. The van der Waals surface area contributed by atoms with Crippen LogP contribution in [-0.4, -0.2) is 6.10 Å². The molecule has 2 N–H and O–H groups in total.